The van der Waals surface area contributed by atoms with Crippen LogP contribution in [0.4, 0.5) is 24.5 Å². The number of halogens is 3. The molecule has 1 aliphatic heterocycles. The molecule has 190 valence electrons. The fourth-order valence-electron chi connectivity index (χ4n) is 2.99. The van der Waals surface area contributed by atoms with Gasteiger partial charge < -0.3 is 12.0 Å². The van der Waals surface area contributed by atoms with Crippen LogP contribution in [0, 0.1) is 35.1 Å². The van der Waals surface area contributed by atoms with E-state index in [1.54, 1.807) is 0 Å². The Bertz CT molecular complexity index is 1110. The van der Waals surface area contributed by atoms with Crippen LogP contribution in [0.15, 0.2) is 63.1 Å². The molecule has 11 heteroatoms. The van der Waals surface area contributed by atoms with Gasteiger partial charge in [-0.1, -0.05) is 42.5 Å². The quantitative estimate of drug-likeness (QED) is 0.184. The molecule has 0 N–H and O–H groups in total. The second-order valence-electron chi connectivity index (χ2n) is 7.17. The summed E-state index contributed by atoms with van der Waals surface area (Å²) >= 11 is -3.51. The summed E-state index contributed by atoms with van der Waals surface area (Å²) in [7, 11) is 0. The molecule has 35 heavy (non-hydrogen) atoms. The molecule has 6 nitrogen and oxygen atoms in total. The number of aliphatic imine (C=N–C) groups is 3. The Balaban J connectivity index is 0.00000101. The van der Waals surface area contributed by atoms with Gasteiger partial charge in [0.05, 0.1) is 40.4 Å². The Kier molecular flexibility index (Phi) is 13.8. The molecule has 1 aliphatic rings. The van der Waals surface area contributed by atoms with Crippen LogP contribution < -0.4 is 0 Å². The van der Waals surface area contributed by atoms with Gasteiger partial charge in [-0.15, -0.1) is 13.2 Å². The first kappa shape index (κ1) is 32.6. The van der Waals surface area contributed by atoms with Crippen molar-refractivity contribution in [1.29, 1.82) is 0 Å². The molecule has 2 aromatic rings. The van der Waals surface area contributed by atoms with Gasteiger partial charge in [-0.2, -0.15) is 0 Å². The molecule has 1 heterocycles. The summed E-state index contributed by atoms with van der Waals surface area (Å²) in [5.41, 5.74) is 8.63. The fourth-order valence-corrected chi connectivity index (χ4v) is 3.15. The van der Waals surface area contributed by atoms with E-state index < -0.39 is 17.7 Å². The largest absolute Gasteiger partial charge is 2.00 e. The molecule has 0 aliphatic carbocycles. The zero-order chi connectivity index (χ0) is 24.6. The smallest absolute Gasteiger partial charge is 0.750 e. The van der Waals surface area contributed by atoms with Gasteiger partial charge in [0.15, 0.2) is 0 Å². The monoisotopic (exact) mass is 549 g/mol. The van der Waals surface area contributed by atoms with Gasteiger partial charge in [-0.25, -0.2) is 8.39 Å². The maximum absolute atomic E-state index is 10.7. The predicted octanol–water partition coefficient (Wildman–Crippen LogP) is 6.52. The minimum Gasteiger partial charge on any atom is -0.750 e. The number of hydrogen-bond acceptors (Lipinski definition) is 6. The van der Waals surface area contributed by atoms with E-state index in [2.05, 4.69) is 89.3 Å². The van der Waals surface area contributed by atoms with Crippen molar-refractivity contribution in [1.82, 2.24) is 0 Å². The molecule has 0 fully saturated rings. The Labute approximate surface area is 217 Å². The van der Waals surface area contributed by atoms with Gasteiger partial charge in [0, 0.05) is 12.6 Å². The molecule has 0 radical (unpaired) electrons. The average molecular weight is 549 g/mol. The maximum Gasteiger partial charge on any atom is 2.00 e. The van der Waals surface area contributed by atoms with Crippen molar-refractivity contribution in [3.63, 3.8) is 0 Å². The first-order valence-corrected chi connectivity index (χ1v) is 10.8. The number of nitrogens with zero attached hydrogens (tertiary/aromatic N) is 3. The molecule has 1 atom stereocenters. The number of aryl methyl sites for hydroxylation is 4. The fraction of sp³-hybridized carbons (Fsp3) is 0.250. The van der Waals surface area contributed by atoms with E-state index >= 15 is 0 Å². The summed E-state index contributed by atoms with van der Waals surface area (Å²) in [6.45, 7) is 8.32. The van der Waals surface area contributed by atoms with Crippen molar-refractivity contribution >= 4 is 40.9 Å². The van der Waals surface area contributed by atoms with Gasteiger partial charge in [-0.3, -0.25) is 15.0 Å². The van der Waals surface area contributed by atoms with E-state index in [9.17, 15) is 13.2 Å². The molecule has 0 saturated heterocycles. The van der Waals surface area contributed by atoms with Gasteiger partial charge in [-0.05, 0) is 49.9 Å². The van der Waals surface area contributed by atoms with Crippen LogP contribution in [0.3, 0.4) is 0 Å². The van der Waals surface area contributed by atoms with Crippen molar-refractivity contribution < 1.29 is 43.2 Å². The molecular weight excluding hydrogens is 523 g/mol. The van der Waals surface area contributed by atoms with E-state index in [-0.39, 0.29) is 24.5 Å². The molecule has 3 rings (SSSR count). The summed E-state index contributed by atoms with van der Waals surface area (Å²) in [4.78, 5) is 13.9. The van der Waals surface area contributed by atoms with E-state index in [1.165, 1.54) is 22.3 Å². The predicted molar refractivity (Wildman–Crippen MR) is 131 cm³/mol. The Hall–Kier alpha value is -2.43. The van der Waals surface area contributed by atoms with Gasteiger partial charge in [0.1, 0.15) is 0 Å². The Morgan fingerprint density at radius 2 is 1.37 bits per heavy atom. The number of para-hydroxylation sites is 2. The second-order valence-corrected chi connectivity index (χ2v) is 7.74. The SMILES string of the molecule is Cc1cccc(C)c1N=CC1=CCC(C=Nc2c(C)cccc2C)=N1.O=S([O-])OC(F)(F)F.[CH3-].[Fe+2]. The first-order valence-electron chi connectivity index (χ1n) is 9.80. The number of benzene rings is 2. The van der Waals surface area contributed by atoms with E-state index in [0.29, 0.717) is 0 Å². The van der Waals surface area contributed by atoms with Gasteiger partial charge in [0.2, 0.25) is 0 Å². The van der Waals surface area contributed by atoms with Crippen LogP contribution in [0.2, 0.25) is 0 Å². The van der Waals surface area contributed by atoms with Crippen LogP contribution >= 0.6 is 0 Å². The van der Waals surface area contributed by atoms with Crippen LogP contribution in [-0.4, -0.2) is 33.3 Å². The average Bonchev–Trinajstić information content (AvgIpc) is 3.13. The van der Waals surface area contributed by atoms with E-state index in [1.807, 2.05) is 12.4 Å². The van der Waals surface area contributed by atoms with Crippen molar-refractivity contribution in [2.24, 2.45) is 15.0 Å². The summed E-state index contributed by atoms with van der Waals surface area (Å²) in [5, 5.41) is 0. The topological polar surface area (TPSA) is 86.4 Å². The van der Waals surface area contributed by atoms with Crippen LogP contribution in [0.25, 0.3) is 0 Å². The van der Waals surface area contributed by atoms with Gasteiger partial charge >= 0.3 is 23.4 Å². The van der Waals surface area contributed by atoms with Crippen LogP contribution in [0.1, 0.15) is 28.7 Å². The maximum atomic E-state index is 10.7. The van der Waals surface area contributed by atoms with Crippen molar-refractivity contribution in [3.05, 3.63) is 77.9 Å². The minimum absolute atomic E-state index is 0. The number of hydrogen-bond donors (Lipinski definition) is 0. The molecule has 0 aromatic heterocycles. The number of allylic oxidation sites excluding steroid dienone is 2. The second kappa shape index (κ2) is 14.9. The van der Waals surface area contributed by atoms with Crippen molar-refractivity contribution in [3.8, 4) is 0 Å². The molecule has 0 amide bonds. The van der Waals surface area contributed by atoms with Crippen LogP contribution in [0.5, 0.6) is 0 Å². The summed E-state index contributed by atoms with van der Waals surface area (Å²) in [6, 6.07) is 12.4. The number of rotatable bonds is 5. The van der Waals surface area contributed by atoms with Crippen LogP contribution in [-0.2, 0) is 32.6 Å². The van der Waals surface area contributed by atoms with Gasteiger partial charge in [0.25, 0.3) is 0 Å². The summed E-state index contributed by atoms with van der Waals surface area (Å²) in [6.07, 6.45) is 1.50. The Morgan fingerprint density at radius 1 is 0.943 bits per heavy atom. The van der Waals surface area contributed by atoms with Crippen molar-refractivity contribution in [2.45, 2.75) is 40.5 Å². The number of alkyl halides is 3. The first-order chi connectivity index (χ1) is 15.5. The van der Waals surface area contributed by atoms with E-state index in [0.717, 1.165) is 29.2 Å². The third kappa shape index (κ3) is 11.2. The molecule has 0 saturated carbocycles. The molecule has 0 spiro atoms. The minimum atomic E-state index is -5.09. The normalized spacial score (nSPS) is 13.9. The molecule has 1 unspecified atom stereocenters. The third-order valence-corrected chi connectivity index (χ3v) is 4.83. The molecule has 2 aromatic carbocycles. The zero-order valence-electron chi connectivity index (χ0n) is 19.9. The summed E-state index contributed by atoms with van der Waals surface area (Å²) < 4.78 is 52.6. The molecular formula is C24H26F3FeN3O3S. The molecule has 0 bridgehead atoms. The van der Waals surface area contributed by atoms with E-state index in [4.69, 9.17) is 8.76 Å². The Morgan fingerprint density at radius 3 is 1.74 bits per heavy atom. The summed E-state index contributed by atoms with van der Waals surface area (Å²) in [5.74, 6) is 0. The third-order valence-electron chi connectivity index (χ3n) is 4.50. The standard InChI is InChI=1S/C22H23N3.CHF3O3S.CH3.Fe/c1-15-7-5-8-16(2)21(15)23-13-19-11-12-20(25-19)14-24-22-17(3)9-6-10-18(22)4;2-1(3,4)7-8(5)6;;/h5-11,13-14H,12H2,1-4H3;(H,5,6);1H3;/q;;-1;+2/p-1. The van der Waals surface area contributed by atoms with Crippen molar-refractivity contribution in [2.75, 3.05) is 0 Å². The zero-order valence-corrected chi connectivity index (χ0v) is 21.8.